The lowest BCUT2D eigenvalue weighted by atomic mass is 10.2. The number of aryl methyl sites for hydroxylation is 1. The molecular weight excluding hydrogens is 338 g/mol. The van der Waals surface area contributed by atoms with Crippen LogP contribution in [0, 0.1) is 0 Å². The van der Waals surface area contributed by atoms with Crippen LogP contribution in [0.5, 0.6) is 0 Å². The van der Waals surface area contributed by atoms with Gasteiger partial charge in [-0.15, -0.1) is 11.6 Å². The van der Waals surface area contributed by atoms with E-state index >= 15 is 0 Å². The largest absolute Gasteiger partial charge is 0.323 e. The molecule has 0 aliphatic carbocycles. The summed E-state index contributed by atoms with van der Waals surface area (Å²) < 4.78 is 3.26. The van der Waals surface area contributed by atoms with Gasteiger partial charge in [0.2, 0.25) is 0 Å². The summed E-state index contributed by atoms with van der Waals surface area (Å²) in [5.74, 6) is 1.58. The summed E-state index contributed by atoms with van der Waals surface area (Å²) in [6.07, 6.45) is 4.42. The molecule has 3 rings (SSSR count). The van der Waals surface area contributed by atoms with Crippen molar-refractivity contribution in [1.29, 1.82) is 0 Å². The molecule has 3 aromatic rings. The van der Waals surface area contributed by atoms with E-state index in [4.69, 9.17) is 11.6 Å². The third kappa shape index (κ3) is 2.72. The molecule has 0 saturated carbocycles. The number of alkyl halides is 1. The Morgan fingerprint density at radius 1 is 1.25 bits per heavy atom. The lowest BCUT2D eigenvalue weighted by molar-refractivity contribution is 0.752. The molecule has 0 aliphatic heterocycles. The number of hydrogen-bond acceptors (Lipinski definition) is 2. The first kappa shape index (κ1) is 13.6. The Bertz CT molecular complexity index is 725. The topological polar surface area (TPSA) is 30.7 Å². The van der Waals surface area contributed by atoms with Gasteiger partial charge in [-0.1, -0.05) is 22.0 Å². The fourth-order valence-electron chi connectivity index (χ4n) is 2.27. The van der Waals surface area contributed by atoms with E-state index in [1.54, 1.807) is 6.20 Å². The van der Waals surface area contributed by atoms with Crippen LogP contribution in [-0.4, -0.2) is 20.4 Å². The van der Waals surface area contributed by atoms with E-state index < -0.39 is 0 Å². The quantitative estimate of drug-likeness (QED) is 0.665. The second-order valence-electron chi connectivity index (χ2n) is 4.55. The lowest BCUT2D eigenvalue weighted by Crippen LogP contribution is -2.06. The van der Waals surface area contributed by atoms with Crippen molar-refractivity contribution in [3.05, 3.63) is 58.6 Å². The molecule has 3 nitrogen and oxygen atoms in total. The summed E-state index contributed by atoms with van der Waals surface area (Å²) in [4.78, 5) is 8.85. The molecule has 0 atom stereocenters. The number of nitrogens with zero attached hydrogens (tertiary/aromatic N) is 3. The van der Waals surface area contributed by atoms with Gasteiger partial charge < -0.3 is 4.57 Å². The van der Waals surface area contributed by atoms with Crippen LogP contribution in [0.2, 0.25) is 0 Å². The normalized spacial score (nSPS) is 11.1. The first-order valence-corrected chi connectivity index (χ1v) is 7.70. The minimum absolute atomic E-state index is 0.567. The second-order valence-corrected chi connectivity index (χ2v) is 5.84. The SMILES string of the molecule is ClCCc1nc2ccc(Br)cc2n1Cc1cccnc1. The molecule has 2 heterocycles. The Morgan fingerprint density at radius 3 is 2.90 bits per heavy atom. The van der Waals surface area contributed by atoms with Crippen molar-refractivity contribution >= 4 is 38.6 Å². The molecule has 0 aliphatic rings. The van der Waals surface area contributed by atoms with Gasteiger partial charge >= 0.3 is 0 Å². The molecule has 0 spiro atoms. The molecule has 0 saturated heterocycles. The van der Waals surface area contributed by atoms with Gasteiger partial charge in [0.15, 0.2) is 0 Å². The number of benzene rings is 1. The maximum Gasteiger partial charge on any atom is 0.111 e. The number of pyridine rings is 1. The maximum absolute atomic E-state index is 5.89. The predicted octanol–water partition coefficient (Wildman–Crippen LogP) is 4.02. The molecule has 0 fully saturated rings. The van der Waals surface area contributed by atoms with Crippen LogP contribution in [0.4, 0.5) is 0 Å². The summed E-state index contributed by atoms with van der Waals surface area (Å²) in [6.45, 7) is 0.757. The second kappa shape index (κ2) is 5.94. The van der Waals surface area contributed by atoms with Crippen molar-refractivity contribution in [2.75, 3.05) is 5.88 Å². The van der Waals surface area contributed by atoms with E-state index in [1.807, 2.05) is 24.4 Å². The van der Waals surface area contributed by atoms with E-state index in [9.17, 15) is 0 Å². The molecule has 20 heavy (non-hydrogen) atoms. The van der Waals surface area contributed by atoms with Crippen molar-refractivity contribution < 1.29 is 0 Å². The molecule has 2 aromatic heterocycles. The Labute approximate surface area is 130 Å². The molecule has 102 valence electrons. The van der Waals surface area contributed by atoms with Crippen molar-refractivity contribution in [2.24, 2.45) is 0 Å². The molecule has 0 amide bonds. The van der Waals surface area contributed by atoms with Gasteiger partial charge in [-0.25, -0.2) is 4.98 Å². The fourth-order valence-corrected chi connectivity index (χ4v) is 2.79. The highest BCUT2D eigenvalue weighted by atomic mass is 79.9. The van der Waals surface area contributed by atoms with Gasteiger partial charge in [0.1, 0.15) is 5.82 Å². The van der Waals surface area contributed by atoms with E-state index in [2.05, 4.69) is 42.6 Å². The minimum Gasteiger partial charge on any atom is -0.323 e. The highest BCUT2D eigenvalue weighted by Gasteiger charge is 2.11. The monoisotopic (exact) mass is 349 g/mol. The van der Waals surface area contributed by atoms with Gasteiger partial charge in [-0.2, -0.15) is 0 Å². The van der Waals surface area contributed by atoms with Crippen LogP contribution in [0.25, 0.3) is 11.0 Å². The number of halogens is 2. The molecule has 1 aromatic carbocycles. The number of hydrogen-bond donors (Lipinski definition) is 0. The van der Waals surface area contributed by atoms with Crippen LogP contribution in [0.1, 0.15) is 11.4 Å². The summed E-state index contributed by atoms with van der Waals surface area (Å²) in [5, 5.41) is 0. The van der Waals surface area contributed by atoms with Gasteiger partial charge in [0.25, 0.3) is 0 Å². The average molecular weight is 351 g/mol. The number of rotatable bonds is 4. The third-order valence-corrected chi connectivity index (χ3v) is 3.85. The van der Waals surface area contributed by atoms with Crippen molar-refractivity contribution in [3.8, 4) is 0 Å². The molecule has 0 unspecified atom stereocenters. The summed E-state index contributed by atoms with van der Waals surface area (Å²) in [5.41, 5.74) is 3.27. The predicted molar refractivity (Wildman–Crippen MR) is 85.2 cm³/mol. The van der Waals surface area contributed by atoms with Gasteiger partial charge in [0, 0.05) is 29.2 Å². The lowest BCUT2D eigenvalue weighted by Gasteiger charge is -2.08. The van der Waals surface area contributed by atoms with Crippen molar-refractivity contribution in [3.63, 3.8) is 0 Å². The summed E-state index contributed by atoms with van der Waals surface area (Å²) in [6, 6.07) is 10.1. The molecular formula is C15H13BrClN3. The summed E-state index contributed by atoms with van der Waals surface area (Å²) in [7, 11) is 0. The highest BCUT2D eigenvalue weighted by Crippen LogP contribution is 2.22. The van der Waals surface area contributed by atoms with Gasteiger partial charge in [-0.05, 0) is 29.8 Å². The Morgan fingerprint density at radius 2 is 2.15 bits per heavy atom. The molecule has 5 heteroatoms. The first-order chi connectivity index (χ1) is 9.78. The Balaban J connectivity index is 2.10. The van der Waals surface area contributed by atoms with Gasteiger partial charge in [0.05, 0.1) is 17.6 Å². The van der Waals surface area contributed by atoms with Crippen molar-refractivity contribution in [1.82, 2.24) is 14.5 Å². The standard InChI is InChI=1S/C15H13BrClN3/c16-12-3-4-13-14(8-12)20(15(19-13)5-6-17)10-11-2-1-7-18-9-11/h1-4,7-9H,5-6,10H2. The molecule has 0 bridgehead atoms. The van der Waals surface area contributed by atoms with Crippen LogP contribution < -0.4 is 0 Å². The molecule has 0 N–H and O–H groups in total. The smallest absolute Gasteiger partial charge is 0.111 e. The Hall–Kier alpha value is -1.39. The molecule has 0 radical (unpaired) electrons. The third-order valence-electron chi connectivity index (χ3n) is 3.17. The zero-order chi connectivity index (χ0) is 13.9. The number of aromatic nitrogens is 3. The Kier molecular flexibility index (Phi) is 4.03. The number of fused-ring (bicyclic) bond motifs is 1. The summed E-state index contributed by atoms with van der Waals surface area (Å²) >= 11 is 9.42. The highest BCUT2D eigenvalue weighted by molar-refractivity contribution is 9.10. The number of imidazole rings is 1. The van der Waals surface area contributed by atoms with Crippen LogP contribution in [0.3, 0.4) is 0 Å². The first-order valence-electron chi connectivity index (χ1n) is 6.37. The van der Waals surface area contributed by atoms with E-state index in [0.29, 0.717) is 5.88 Å². The van der Waals surface area contributed by atoms with Crippen LogP contribution >= 0.6 is 27.5 Å². The zero-order valence-electron chi connectivity index (χ0n) is 10.8. The van der Waals surface area contributed by atoms with Gasteiger partial charge in [-0.3, -0.25) is 4.98 Å². The minimum atomic E-state index is 0.567. The van der Waals surface area contributed by atoms with E-state index in [0.717, 1.165) is 39.9 Å². The van der Waals surface area contributed by atoms with Crippen molar-refractivity contribution in [2.45, 2.75) is 13.0 Å². The van der Waals surface area contributed by atoms with Crippen LogP contribution in [-0.2, 0) is 13.0 Å². The van der Waals surface area contributed by atoms with E-state index in [-0.39, 0.29) is 0 Å². The zero-order valence-corrected chi connectivity index (χ0v) is 13.1. The average Bonchev–Trinajstić information content (AvgIpc) is 2.78. The maximum atomic E-state index is 5.89. The van der Waals surface area contributed by atoms with Crippen LogP contribution in [0.15, 0.2) is 47.2 Å². The fraction of sp³-hybridized carbons (Fsp3) is 0.200. The van der Waals surface area contributed by atoms with E-state index in [1.165, 1.54) is 0 Å².